The smallest absolute Gasteiger partial charge is 0.115 e. The van der Waals surface area contributed by atoms with Crippen molar-refractivity contribution in [1.29, 1.82) is 0 Å². The highest BCUT2D eigenvalue weighted by molar-refractivity contribution is 5.29. The Bertz CT molecular complexity index is 264. The summed E-state index contributed by atoms with van der Waals surface area (Å²) in [4.78, 5) is 8.39. The van der Waals surface area contributed by atoms with Gasteiger partial charge in [-0.15, -0.1) is 0 Å². The molecule has 0 N–H and O–H groups in total. The molecule has 0 saturated carbocycles. The van der Waals surface area contributed by atoms with Crippen LogP contribution in [0.3, 0.4) is 0 Å². The molecule has 0 fully saturated rings. The van der Waals surface area contributed by atoms with Gasteiger partial charge in [0.25, 0.3) is 0 Å². The van der Waals surface area contributed by atoms with Crippen LogP contribution >= 0.6 is 0 Å². The van der Waals surface area contributed by atoms with Crippen LogP contribution in [0.2, 0.25) is 0 Å². The largest absolute Gasteiger partial charge is 0.241 e. The molecule has 0 spiro atoms. The van der Waals surface area contributed by atoms with E-state index in [0.717, 1.165) is 11.4 Å². The maximum atomic E-state index is 4.20. The second-order valence-corrected chi connectivity index (χ2v) is 4.17. The molecule has 66 valence electrons. The summed E-state index contributed by atoms with van der Waals surface area (Å²) >= 11 is 0. The third kappa shape index (κ3) is 1.63. The highest BCUT2D eigenvalue weighted by Gasteiger charge is 2.19. The Labute approximate surface area is 74.1 Å². The van der Waals surface area contributed by atoms with Gasteiger partial charge < -0.3 is 0 Å². The number of rotatable bonds is 0. The van der Waals surface area contributed by atoms with Gasteiger partial charge in [0.15, 0.2) is 0 Å². The average Bonchev–Trinajstić information content (AvgIpc) is 1.82. The Morgan fingerprint density at radius 1 is 1.00 bits per heavy atom. The second kappa shape index (κ2) is 2.85. The quantitative estimate of drug-likeness (QED) is 0.588. The van der Waals surface area contributed by atoms with Gasteiger partial charge in [-0.3, -0.25) is 0 Å². The van der Waals surface area contributed by atoms with Crippen molar-refractivity contribution < 1.29 is 0 Å². The lowest BCUT2D eigenvalue weighted by molar-refractivity contribution is 0.572. The molecule has 0 amide bonds. The van der Waals surface area contributed by atoms with E-state index in [0.29, 0.717) is 0 Å². The van der Waals surface area contributed by atoms with Gasteiger partial charge in [-0.1, -0.05) is 20.8 Å². The number of hydrogen-bond acceptors (Lipinski definition) is 2. The molecule has 1 rings (SSSR count). The Kier molecular flexibility index (Phi) is 2.18. The first kappa shape index (κ1) is 9.17. The van der Waals surface area contributed by atoms with E-state index < -0.39 is 0 Å². The van der Waals surface area contributed by atoms with E-state index in [1.807, 2.05) is 13.8 Å². The van der Waals surface area contributed by atoms with E-state index in [4.69, 9.17) is 0 Å². The molecule has 0 radical (unpaired) electrons. The van der Waals surface area contributed by atoms with Crippen molar-refractivity contribution in [3.05, 3.63) is 23.3 Å². The molecule has 1 aromatic rings. The summed E-state index contributed by atoms with van der Waals surface area (Å²) in [6, 6.07) is 0. The van der Waals surface area contributed by atoms with Crippen LogP contribution in [0.4, 0.5) is 0 Å². The molecule has 0 aliphatic carbocycles. The van der Waals surface area contributed by atoms with E-state index >= 15 is 0 Å². The summed E-state index contributed by atoms with van der Waals surface area (Å²) in [7, 11) is 0. The molecular formula is C10H16N2. The van der Waals surface area contributed by atoms with Crippen molar-refractivity contribution in [2.24, 2.45) is 0 Å². The summed E-state index contributed by atoms with van der Waals surface area (Å²) in [6.45, 7) is 10.6. The van der Waals surface area contributed by atoms with Crippen molar-refractivity contribution in [1.82, 2.24) is 9.97 Å². The zero-order valence-corrected chi connectivity index (χ0v) is 8.47. The molecule has 0 aliphatic rings. The van der Waals surface area contributed by atoms with Crippen molar-refractivity contribution in [2.45, 2.75) is 40.0 Å². The third-order valence-electron chi connectivity index (χ3n) is 1.98. The molecular weight excluding hydrogens is 148 g/mol. The maximum absolute atomic E-state index is 4.20. The van der Waals surface area contributed by atoms with Gasteiger partial charge in [0.2, 0.25) is 0 Å². The van der Waals surface area contributed by atoms with E-state index in [2.05, 4.69) is 30.7 Å². The molecule has 0 unspecified atom stereocenters. The first-order valence-electron chi connectivity index (χ1n) is 4.21. The van der Waals surface area contributed by atoms with Crippen LogP contribution in [-0.2, 0) is 5.41 Å². The number of hydrogen-bond donors (Lipinski definition) is 0. The summed E-state index contributed by atoms with van der Waals surface area (Å²) in [5, 5.41) is 0. The molecule has 0 aliphatic heterocycles. The van der Waals surface area contributed by atoms with Gasteiger partial charge in [-0.25, -0.2) is 9.97 Å². The molecule has 0 bridgehead atoms. The average molecular weight is 164 g/mol. The van der Waals surface area contributed by atoms with E-state index in [1.165, 1.54) is 5.56 Å². The number of nitrogens with zero attached hydrogens (tertiary/aromatic N) is 2. The molecule has 12 heavy (non-hydrogen) atoms. The Hall–Kier alpha value is -0.920. The first-order valence-corrected chi connectivity index (χ1v) is 4.21. The molecule has 2 nitrogen and oxygen atoms in total. The Balaban J connectivity index is 3.31. The zero-order chi connectivity index (χ0) is 9.35. The van der Waals surface area contributed by atoms with Crippen LogP contribution in [0.5, 0.6) is 0 Å². The molecule has 1 aromatic heterocycles. The monoisotopic (exact) mass is 164 g/mol. The van der Waals surface area contributed by atoms with Crippen molar-refractivity contribution in [2.75, 3.05) is 0 Å². The van der Waals surface area contributed by atoms with Gasteiger partial charge >= 0.3 is 0 Å². The van der Waals surface area contributed by atoms with E-state index in [1.54, 1.807) is 6.33 Å². The van der Waals surface area contributed by atoms with E-state index in [9.17, 15) is 0 Å². The minimum absolute atomic E-state index is 0.148. The Morgan fingerprint density at radius 2 is 1.42 bits per heavy atom. The fourth-order valence-electron chi connectivity index (χ4n) is 1.68. The predicted octanol–water partition coefficient (Wildman–Crippen LogP) is 2.39. The highest BCUT2D eigenvalue weighted by atomic mass is 14.8. The second-order valence-electron chi connectivity index (χ2n) is 4.17. The van der Waals surface area contributed by atoms with Crippen molar-refractivity contribution in [3.8, 4) is 0 Å². The van der Waals surface area contributed by atoms with E-state index in [-0.39, 0.29) is 5.41 Å². The predicted molar refractivity (Wildman–Crippen MR) is 50.2 cm³/mol. The van der Waals surface area contributed by atoms with Crippen molar-refractivity contribution >= 4 is 0 Å². The minimum Gasteiger partial charge on any atom is -0.241 e. The van der Waals surface area contributed by atoms with Crippen LogP contribution in [0, 0.1) is 13.8 Å². The lowest BCUT2D eigenvalue weighted by Gasteiger charge is -2.22. The topological polar surface area (TPSA) is 25.8 Å². The normalized spacial score (nSPS) is 11.8. The fourth-order valence-corrected chi connectivity index (χ4v) is 1.68. The number of aromatic nitrogens is 2. The maximum Gasteiger partial charge on any atom is 0.115 e. The summed E-state index contributed by atoms with van der Waals surface area (Å²) in [6.07, 6.45) is 1.62. The molecule has 0 saturated heterocycles. The van der Waals surface area contributed by atoms with Crippen LogP contribution < -0.4 is 0 Å². The third-order valence-corrected chi connectivity index (χ3v) is 1.98. The van der Waals surface area contributed by atoms with Crippen molar-refractivity contribution in [3.63, 3.8) is 0 Å². The molecule has 1 heterocycles. The fraction of sp³-hybridized carbons (Fsp3) is 0.600. The van der Waals surface area contributed by atoms with Gasteiger partial charge in [-0.05, 0) is 24.8 Å². The van der Waals surface area contributed by atoms with Gasteiger partial charge in [0, 0.05) is 11.4 Å². The zero-order valence-electron chi connectivity index (χ0n) is 8.47. The van der Waals surface area contributed by atoms with Crippen LogP contribution in [0.25, 0.3) is 0 Å². The molecule has 2 heteroatoms. The summed E-state index contributed by atoms with van der Waals surface area (Å²) < 4.78 is 0. The van der Waals surface area contributed by atoms with Gasteiger partial charge in [0.05, 0.1) is 0 Å². The lowest BCUT2D eigenvalue weighted by Crippen LogP contribution is -2.16. The van der Waals surface area contributed by atoms with Gasteiger partial charge in [-0.2, -0.15) is 0 Å². The lowest BCUT2D eigenvalue weighted by atomic mass is 9.85. The Morgan fingerprint density at radius 3 is 1.67 bits per heavy atom. The minimum atomic E-state index is 0.148. The highest BCUT2D eigenvalue weighted by Crippen LogP contribution is 2.25. The van der Waals surface area contributed by atoms with Crippen LogP contribution in [-0.4, -0.2) is 9.97 Å². The SMILES string of the molecule is Cc1ncnc(C)c1C(C)(C)C. The number of aryl methyl sites for hydroxylation is 2. The van der Waals surface area contributed by atoms with Crippen LogP contribution in [0.15, 0.2) is 6.33 Å². The summed E-state index contributed by atoms with van der Waals surface area (Å²) in [5.41, 5.74) is 3.60. The van der Waals surface area contributed by atoms with Gasteiger partial charge in [0.1, 0.15) is 6.33 Å². The molecule has 0 atom stereocenters. The first-order chi connectivity index (χ1) is 5.43. The standard InChI is InChI=1S/C10H16N2/c1-7-9(10(3,4)5)8(2)12-6-11-7/h6H,1-5H3. The molecule has 0 aromatic carbocycles. The summed E-state index contributed by atoms with van der Waals surface area (Å²) in [5.74, 6) is 0. The van der Waals surface area contributed by atoms with Crippen LogP contribution in [0.1, 0.15) is 37.7 Å².